The summed E-state index contributed by atoms with van der Waals surface area (Å²) in [6, 6.07) is 13.4. The van der Waals surface area contributed by atoms with E-state index in [-0.39, 0.29) is 31.9 Å². The highest BCUT2D eigenvalue weighted by Crippen LogP contribution is 2.19. The maximum atomic E-state index is 12.4. The molecule has 0 atom stereocenters. The molecule has 0 bridgehead atoms. The van der Waals surface area contributed by atoms with Gasteiger partial charge in [-0.15, -0.1) is 0 Å². The molecule has 0 unspecified atom stereocenters. The zero-order valence-electron chi connectivity index (χ0n) is 15.3. The molecule has 2 amide bonds. The van der Waals surface area contributed by atoms with Gasteiger partial charge >= 0.3 is 11.9 Å². The number of carbonyl (C=O) groups excluding carboxylic acids is 4. The number of carbonyl (C=O) groups is 4. The van der Waals surface area contributed by atoms with Crippen LogP contribution in [0.25, 0.3) is 0 Å². The lowest BCUT2D eigenvalue weighted by molar-refractivity contribution is -0.145. The van der Waals surface area contributed by atoms with E-state index in [1.54, 1.807) is 48.5 Å². The summed E-state index contributed by atoms with van der Waals surface area (Å²) < 4.78 is 9.80. The summed E-state index contributed by atoms with van der Waals surface area (Å²) in [6.45, 7) is 0.0110. The van der Waals surface area contributed by atoms with E-state index in [9.17, 15) is 19.2 Å². The maximum Gasteiger partial charge on any atom is 0.337 e. The van der Waals surface area contributed by atoms with Gasteiger partial charge in [0.15, 0.2) is 0 Å². The highest BCUT2D eigenvalue weighted by Gasteiger charge is 2.30. The molecule has 1 aliphatic rings. The number of rotatable bonds is 6. The molecule has 0 aromatic heterocycles. The Balaban J connectivity index is 1.51. The minimum absolute atomic E-state index is 0.0217. The van der Waals surface area contributed by atoms with Crippen LogP contribution >= 0.6 is 0 Å². The van der Waals surface area contributed by atoms with Crippen LogP contribution in [0.5, 0.6) is 0 Å². The fourth-order valence-electron chi connectivity index (χ4n) is 2.92. The summed E-state index contributed by atoms with van der Waals surface area (Å²) in [5, 5.41) is 0. The Morgan fingerprint density at radius 3 is 2.46 bits per heavy atom. The lowest BCUT2D eigenvalue weighted by Crippen LogP contribution is -2.43. The van der Waals surface area contributed by atoms with Gasteiger partial charge in [0.05, 0.1) is 25.5 Å². The highest BCUT2D eigenvalue weighted by atomic mass is 16.5. The van der Waals surface area contributed by atoms with E-state index in [4.69, 9.17) is 4.74 Å². The molecule has 0 spiro atoms. The molecular weight excluding hydrogens is 362 g/mol. The third kappa shape index (κ3) is 4.25. The Morgan fingerprint density at radius 2 is 1.75 bits per heavy atom. The van der Waals surface area contributed by atoms with Crippen LogP contribution in [0.3, 0.4) is 0 Å². The number of methoxy groups -OCH3 is 1. The molecule has 1 heterocycles. The van der Waals surface area contributed by atoms with E-state index in [2.05, 4.69) is 4.74 Å². The monoisotopic (exact) mass is 381 g/mol. The van der Waals surface area contributed by atoms with Crippen LogP contribution in [0.4, 0.5) is 0 Å². The van der Waals surface area contributed by atoms with Crippen molar-refractivity contribution in [3.8, 4) is 0 Å². The van der Waals surface area contributed by atoms with Crippen molar-refractivity contribution in [3.63, 3.8) is 0 Å². The lowest BCUT2D eigenvalue weighted by atomic mass is 9.98. The van der Waals surface area contributed by atoms with Gasteiger partial charge in [-0.3, -0.25) is 19.3 Å². The Morgan fingerprint density at radius 1 is 1.04 bits per heavy atom. The van der Waals surface area contributed by atoms with Crippen molar-refractivity contribution in [2.45, 2.75) is 19.4 Å². The van der Waals surface area contributed by atoms with Crippen molar-refractivity contribution in [1.82, 2.24) is 4.90 Å². The van der Waals surface area contributed by atoms with Gasteiger partial charge in [0.25, 0.3) is 5.91 Å². The van der Waals surface area contributed by atoms with Gasteiger partial charge in [0.2, 0.25) is 5.91 Å². The zero-order chi connectivity index (χ0) is 20.1. The van der Waals surface area contributed by atoms with Gasteiger partial charge < -0.3 is 9.47 Å². The van der Waals surface area contributed by atoms with Gasteiger partial charge in [0, 0.05) is 12.1 Å². The largest absolute Gasteiger partial charge is 0.465 e. The number of amides is 2. The van der Waals surface area contributed by atoms with Crippen molar-refractivity contribution in [1.29, 1.82) is 0 Å². The number of esters is 2. The topological polar surface area (TPSA) is 90.0 Å². The molecular formula is C21H19NO6. The number of nitrogens with zero attached hydrogens (tertiary/aromatic N) is 1. The molecule has 3 rings (SSSR count). The summed E-state index contributed by atoms with van der Waals surface area (Å²) in [6.07, 6.45) is 0.0589. The molecule has 0 fully saturated rings. The average Bonchev–Trinajstić information content (AvgIpc) is 2.72. The molecule has 0 radical (unpaired) electrons. The number of benzene rings is 2. The molecule has 0 aliphatic carbocycles. The molecule has 0 N–H and O–H groups in total. The maximum absolute atomic E-state index is 12.4. The van der Waals surface area contributed by atoms with E-state index in [0.29, 0.717) is 22.3 Å². The van der Waals surface area contributed by atoms with Gasteiger partial charge in [-0.05, 0) is 29.3 Å². The Bertz CT molecular complexity index is 919. The number of hydrogen-bond donors (Lipinski definition) is 0. The second-order valence-corrected chi connectivity index (χ2v) is 6.28. The van der Waals surface area contributed by atoms with Gasteiger partial charge in [-0.1, -0.05) is 30.3 Å². The first kappa shape index (κ1) is 19.3. The van der Waals surface area contributed by atoms with E-state index in [1.165, 1.54) is 7.11 Å². The summed E-state index contributed by atoms with van der Waals surface area (Å²) in [5.41, 5.74) is 2.30. The van der Waals surface area contributed by atoms with Crippen molar-refractivity contribution in [3.05, 3.63) is 70.8 Å². The van der Waals surface area contributed by atoms with Crippen molar-refractivity contribution < 1.29 is 28.7 Å². The summed E-state index contributed by atoms with van der Waals surface area (Å²) >= 11 is 0. The zero-order valence-corrected chi connectivity index (χ0v) is 15.3. The molecule has 2 aromatic rings. The van der Waals surface area contributed by atoms with E-state index in [1.807, 2.05) is 0 Å². The summed E-state index contributed by atoms with van der Waals surface area (Å²) in [5.74, 6) is -1.68. The first-order chi connectivity index (χ1) is 13.5. The highest BCUT2D eigenvalue weighted by molar-refractivity contribution is 6.09. The second-order valence-electron chi connectivity index (χ2n) is 6.28. The fraction of sp³-hybridized carbons (Fsp3) is 0.238. The molecule has 144 valence electrons. The molecule has 1 aliphatic heterocycles. The van der Waals surface area contributed by atoms with Gasteiger partial charge in [-0.25, -0.2) is 4.79 Å². The van der Waals surface area contributed by atoms with Gasteiger partial charge in [0.1, 0.15) is 6.61 Å². The van der Waals surface area contributed by atoms with E-state index < -0.39 is 17.8 Å². The third-order valence-electron chi connectivity index (χ3n) is 4.45. The molecule has 2 aromatic carbocycles. The quantitative estimate of drug-likeness (QED) is 0.562. The van der Waals surface area contributed by atoms with Crippen LogP contribution in [0.2, 0.25) is 0 Å². The van der Waals surface area contributed by atoms with Crippen LogP contribution in [0.15, 0.2) is 48.5 Å². The summed E-state index contributed by atoms with van der Waals surface area (Å²) in [4.78, 5) is 49.1. The van der Waals surface area contributed by atoms with Crippen molar-refractivity contribution in [2.75, 3.05) is 13.7 Å². The smallest absolute Gasteiger partial charge is 0.337 e. The first-order valence-electron chi connectivity index (χ1n) is 8.75. The normalized spacial score (nSPS) is 13.1. The van der Waals surface area contributed by atoms with Crippen molar-refractivity contribution in [2.24, 2.45) is 0 Å². The standard InChI is InChI=1S/C21H19NO6/c1-27-21(26)15-8-6-14(7-9-15)13-28-19(24)10-11-22-18(23)12-16-4-2-3-5-17(16)20(22)25/h2-9H,10-13H2,1H3. The summed E-state index contributed by atoms with van der Waals surface area (Å²) in [7, 11) is 1.30. The number of hydrogen-bond acceptors (Lipinski definition) is 6. The molecule has 0 saturated heterocycles. The second kappa shape index (κ2) is 8.47. The minimum Gasteiger partial charge on any atom is -0.465 e. The van der Waals surface area contributed by atoms with E-state index in [0.717, 1.165) is 4.90 Å². The van der Waals surface area contributed by atoms with Gasteiger partial charge in [-0.2, -0.15) is 0 Å². The number of ether oxygens (including phenoxy) is 2. The lowest BCUT2D eigenvalue weighted by Gasteiger charge is -2.26. The van der Waals surface area contributed by atoms with Crippen LogP contribution in [-0.2, 0) is 32.1 Å². The van der Waals surface area contributed by atoms with E-state index >= 15 is 0 Å². The van der Waals surface area contributed by atoms with Crippen LogP contribution in [-0.4, -0.2) is 42.3 Å². The first-order valence-corrected chi connectivity index (χ1v) is 8.75. The Kier molecular flexibility index (Phi) is 5.84. The Hall–Kier alpha value is -3.48. The van der Waals surface area contributed by atoms with Crippen molar-refractivity contribution >= 4 is 23.8 Å². The third-order valence-corrected chi connectivity index (χ3v) is 4.45. The Labute approximate surface area is 161 Å². The number of imide groups is 1. The molecule has 28 heavy (non-hydrogen) atoms. The fourth-order valence-corrected chi connectivity index (χ4v) is 2.92. The van der Waals surface area contributed by atoms with Crippen LogP contribution in [0.1, 0.15) is 38.3 Å². The minimum atomic E-state index is -0.517. The van der Waals surface area contributed by atoms with Crippen LogP contribution < -0.4 is 0 Å². The molecule has 7 heteroatoms. The van der Waals surface area contributed by atoms with Crippen LogP contribution in [0, 0.1) is 0 Å². The predicted molar refractivity (Wildman–Crippen MR) is 98.4 cm³/mol. The number of fused-ring (bicyclic) bond motifs is 1. The molecule has 0 saturated carbocycles. The molecule has 7 nitrogen and oxygen atoms in total. The SMILES string of the molecule is COC(=O)c1ccc(COC(=O)CCN2C(=O)Cc3ccccc3C2=O)cc1. The average molecular weight is 381 g/mol. The predicted octanol–water partition coefficient (Wildman–Crippen LogP) is 2.13.